The van der Waals surface area contributed by atoms with Crippen LogP contribution in [0.25, 0.3) is 0 Å². The van der Waals surface area contributed by atoms with Gasteiger partial charge in [0.2, 0.25) is 0 Å². The van der Waals surface area contributed by atoms with E-state index < -0.39 is 0 Å². The van der Waals surface area contributed by atoms with Gasteiger partial charge < -0.3 is 20.0 Å². The van der Waals surface area contributed by atoms with Crippen LogP contribution in [0, 0.1) is 5.92 Å². The molecule has 28 heavy (non-hydrogen) atoms. The minimum atomic E-state index is -0.118. The number of nitrogens with one attached hydrogen (secondary N) is 1. The van der Waals surface area contributed by atoms with Gasteiger partial charge in [-0.25, -0.2) is 4.79 Å². The Bertz CT molecular complexity index is 748. The van der Waals surface area contributed by atoms with Crippen LogP contribution in [-0.2, 0) is 0 Å². The molecule has 1 N–H and O–H groups in total. The van der Waals surface area contributed by atoms with Gasteiger partial charge in [0.15, 0.2) is 0 Å². The Morgan fingerprint density at radius 2 is 1.71 bits per heavy atom. The van der Waals surface area contributed by atoms with E-state index in [1.807, 2.05) is 0 Å². The monoisotopic (exact) mass is 424 g/mol. The van der Waals surface area contributed by atoms with Gasteiger partial charge in [0, 0.05) is 50.3 Å². The Morgan fingerprint density at radius 3 is 2.39 bits per heavy atom. The molecule has 0 spiro atoms. The smallest absolute Gasteiger partial charge is 0.317 e. The summed E-state index contributed by atoms with van der Waals surface area (Å²) in [5, 5.41) is 3.95. The molecule has 3 aliphatic rings. The zero-order valence-electron chi connectivity index (χ0n) is 15.9. The second-order valence-electron chi connectivity index (χ2n) is 7.97. The maximum absolute atomic E-state index is 12.7. The first-order valence-electron chi connectivity index (χ1n) is 10.0. The van der Waals surface area contributed by atoms with Gasteiger partial charge in [-0.2, -0.15) is 0 Å². The lowest BCUT2D eigenvalue weighted by molar-refractivity contribution is 0.0665. The summed E-state index contributed by atoms with van der Waals surface area (Å²) in [7, 11) is 0. The molecule has 3 amide bonds. The zero-order chi connectivity index (χ0) is 19.7. The van der Waals surface area contributed by atoms with Gasteiger partial charge in [-0.05, 0) is 49.9 Å². The molecule has 1 aromatic carbocycles. The number of likely N-dealkylation sites (tertiary alicyclic amines) is 1. The van der Waals surface area contributed by atoms with Gasteiger partial charge in [0.1, 0.15) is 0 Å². The van der Waals surface area contributed by atoms with Crippen molar-refractivity contribution < 1.29 is 9.59 Å². The molecule has 2 heterocycles. The van der Waals surface area contributed by atoms with Crippen LogP contribution in [0.15, 0.2) is 18.2 Å². The Labute approximate surface area is 175 Å². The number of hydrogen-bond acceptors (Lipinski definition) is 3. The van der Waals surface area contributed by atoms with E-state index in [-0.39, 0.29) is 11.9 Å². The molecule has 0 aromatic heterocycles. The quantitative estimate of drug-likeness (QED) is 0.807. The van der Waals surface area contributed by atoms with Crippen molar-refractivity contribution in [3.63, 3.8) is 0 Å². The van der Waals surface area contributed by atoms with Crippen molar-refractivity contribution in [2.45, 2.75) is 25.3 Å². The predicted molar refractivity (Wildman–Crippen MR) is 110 cm³/mol. The van der Waals surface area contributed by atoms with Crippen molar-refractivity contribution >= 4 is 35.1 Å². The van der Waals surface area contributed by atoms with Crippen molar-refractivity contribution in [2.24, 2.45) is 5.92 Å². The van der Waals surface area contributed by atoms with E-state index in [1.165, 1.54) is 25.8 Å². The van der Waals surface area contributed by atoms with Gasteiger partial charge in [-0.3, -0.25) is 4.79 Å². The minimum absolute atomic E-state index is 0.0264. The molecule has 1 saturated carbocycles. The average Bonchev–Trinajstić information content (AvgIpc) is 3.44. The van der Waals surface area contributed by atoms with Crippen molar-refractivity contribution in [2.75, 3.05) is 45.8 Å². The molecule has 0 radical (unpaired) electrons. The summed E-state index contributed by atoms with van der Waals surface area (Å²) in [4.78, 5) is 31.2. The van der Waals surface area contributed by atoms with E-state index in [9.17, 15) is 9.59 Å². The first-order valence-corrected chi connectivity index (χ1v) is 10.8. The van der Waals surface area contributed by atoms with Crippen molar-refractivity contribution in [1.29, 1.82) is 0 Å². The molecule has 1 aliphatic carbocycles. The van der Waals surface area contributed by atoms with Crippen molar-refractivity contribution in [1.82, 2.24) is 20.0 Å². The molecular formula is C20H26Cl2N4O2. The molecule has 2 aliphatic heterocycles. The largest absolute Gasteiger partial charge is 0.338 e. The molecule has 4 rings (SSSR count). The Kier molecular flexibility index (Phi) is 5.99. The van der Waals surface area contributed by atoms with Crippen LogP contribution in [0.1, 0.15) is 29.6 Å². The Morgan fingerprint density at radius 1 is 1.00 bits per heavy atom. The van der Waals surface area contributed by atoms with E-state index in [2.05, 4.69) is 10.2 Å². The van der Waals surface area contributed by atoms with Crippen LogP contribution in [0.3, 0.4) is 0 Å². The molecule has 8 heteroatoms. The van der Waals surface area contributed by atoms with Gasteiger partial charge >= 0.3 is 6.03 Å². The highest BCUT2D eigenvalue weighted by atomic mass is 35.5. The third-order valence-electron chi connectivity index (χ3n) is 5.94. The number of nitrogens with zero attached hydrogens (tertiary/aromatic N) is 3. The highest BCUT2D eigenvalue weighted by Crippen LogP contribution is 2.31. The van der Waals surface area contributed by atoms with Crippen molar-refractivity contribution in [3.8, 4) is 0 Å². The molecule has 152 valence electrons. The first-order chi connectivity index (χ1) is 13.5. The van der Waals surface area contributed by atoms with E-state index in [1.54, 1.807) is 28.0 Å². The number of amides is 3. The lowest BCUT2D eigenvalue weighted by Crippen LogP contribution is -2.53. The fourth-order valence-electron chi connectivity index (χ4n) is 4.09. The number of benzene rings is 1. The normalized spacial score (nSPS) is 23.1. The number of halogens is 2. The van der Waals surface area contributed by atoms with E-state index in [4.69, 9.17) is 23.2 Å². The highest BCUT2D eigenvalue weighted by Gasteiger charge is 2.34. The maximum Gasteiger partial charge on any atom is 0.317 e. The second kappa shape index (κ2) is 8.47. The van der Waals surface area contributed by atoms with Crippen LogP contribution in [0.5, 0.6) is 0 Å². The lowest BCUT2D eigenvalue weighted by Gasteiger charge is -2.35. The summed E-state index contributed by atoms with van der Waals surface area (Å²) in [6.45, 7) is 5.08. The molecular weight excluding hydrogens is 399 g/mol. The summed E-state index contributed by atoms with van der Waals surface area (Å²) >= 11 is 12.1. The molecule has 2 saturated heterocycles. The lowest BCUT2D eigenvalue weighted by atomic mass is 10.1. The van der Waals surface area contributed by atoms with Crippen LogP contribution in [0.4, 0.5) is 4.79 Å². The van der Waals surface area contributed by atoms with Crippen LogP contribution < -0.4 is 5.32 Å². The summed E-state index contributed by atoms with van der Waals surface area (Å²) in [5.74, 6) is 0.437. The molecule has 1 unspecified atom stereocenters. The number of carbonyl (C=O) groups is 2. The van der Waals surface area contributed by atoms with E-state index in [0.717, 1.165) is 19.1 Å². The van der Waals surface area contributed by atoms with Crippen molar-refractivity contribution in [3.05, 3.63) is 33.8 Å². The Balaban J connectivity index is 1.22. The topological polar surface area (TPSA) is 55.9 Å². The summed E-state index contributed by atoms with van der Waals surface area (Å²) in [6, 6.07) is 5.67. The van der Waals surface area contributed by atoms with Crippen LogP contribution in [-0.4, -0.2) is 78.5 Å². The Hall–Kier alpha value is -1.50. The number of carbonyl (C=O) groups excluding carboxylic acids is 2. The highest BCUT2D eigenvalue weighted by molar-refractivity contribution is 6.36. The summed E-state index contributed by atoms with van der Waals surface area (Å²) in [5.41, 5.74) is 0.449. The van der Waals surface area contributed by atoms with Gasteiger partial charge in [-0.1, -0.05) is 23.2 Å². The predicted octanol–water partition coefficient (Wildman–Crippen LogP) is 2.95. The second-order valence-corrected chi connectivity index (χ2v) is 8.81. The zero-order valence-corrected chi connectivity index (χ0v) is 17.4. The van der Waals surface area contributed by atoms with E-state index >= 15 is 0 Å². The molecule has 3 fully saturated rings. The van der Waals surface area contributed by atoms with E-state index in [0.29, 0.717) is 47.7 Å². The fraction of sp³-hybridized carbons (Fsp3) is 0.600. The SMILES string of the molecule is O=C(NCC1CCN(C2CC2)C1)N1CCN(C(=O)c2ccc(Cl)cc2Cl)CC1. The molecule has 1 aromatic rings. The minimum Gasteiger partial charge on any atom is -0.338 e. The number of rotatable bonds is 4. The number of urea groups is 1. The summed E-state index contributed by atoms with van der Waals surface area (Å²) < 4.78 is 0. The van der Waals surface area contributed by atoms with Crippen LogP contribution in [0.2, 0.25) is 10.0 Å². The molecule has 6 nitrogen and oxygen atoms in total. The van der Waals surface area contributed by atoms with Gasteiger partial charge in [-0.15, -0.1) is 0 Å². The van der Waals surface area contributed by atoms with Gasteiger partial charge in [0.05, 0.1) is 10.6 Å². The fourth-order valence-corrected chi connectivity index (χ4v) is 4.58. The summed E-state index contributed by atoms with van der Waals surface area (Å²) in [6.07, 6.45) is 3.84. The maximum atomic E-state index is 12.7. The third-order valence-corrected chi connectivity index (χ3v) is 6.49. The van der Waals surface area contributed by atoms with Crippen LogP contribution >= 0.6 is 23.2 Å². The average molecular weight is 425 g/mol. The number of piperazine rings is 1. The standard InChI is InChI=1S/C20H26Cl2N4O2/c21-15-1-4-17(18(22)11-15)19(27)24-7-9-25(10-8-24)20(28)23-12-14-5-6-26(13-14)16-2-3-16/h1,4,11,14,16H,2-3,5-10,12-13H2,(H,23,28). The third kappa shape index (κ3) is 4.56. The number of hydrogen-bond donors (Lipinski definition) is 1. The first kappa shape index (κ1) is 19.8. The molecule has 1 atom stereocenters. The molecule has 0 bridgehead atoms. The van der Waals surface area contributed by atoms with Gasteiger partial charge in [0.25, 0.3) is 5.91 Å².